The monoisotopic (exact) mass is 302 g/mol. The van der Waals surface area contributed by atoms with Crippen molar-refractivity contribution < 1.29 is 23.0 Å². The summed E-state index contributed by atoms with van der Waals surface area (Å²) in [5.41, 5.74) is 0.774. The van der Waals surface area contributed by atoms with Crippen LogP contribution < -0.4 is 4.74 Å². The van der Waals surface area contributed by atoms with Crippen molar-refractivity contribution in [1.29, 1.82) is 0 Å². The van der Waals surface area contributed by atoms with Crippen molar-refractivity contribution in [2.24, 2.45) is 0 Å². The van der Waals surface area contributed by atoms with Gasteiger partial charge in [0.1, 0.15) is 11.9 Å². The minimum atomic E-state index is -4.76. The van der Waals surface area contributed by atoms with Gasteiger partial charge >= 0.3 is 6.36 Å². The summed E-state index contributed by atoms with van der Waals surface area (Å²) in [5, 5.41) is 10.6. The predicted molar refractivity (Wildman–Crippen MR) is 68.6 cm³/mol. The summed E-state index contributed by atoms with van der Waals surface area (Å²) >= 11 is 5.81. The molecule has 0 heterocycles. The van der Waals surface area contributed by atoms with Crippen molar-refractivity contribution in [2.75, 3.05) is 0 Å². The van der Waals surface area contributed by atoms with Crippen molar-refractivity contribution in [3.8, 4) is 5.75 Å². The van der Waals surface area contributed by atoms with Crippen molar-refractivity contribution in [3.05, 3.63) is 64.7 Å². The number of aliphatic hydroxyl groups excluding tert-OH is 1. The van der Waals surface area contributed by atoms with Gasteiger partial charge in [0.05, 0.1) is 0 Å². The molecule has 1 N–H and O–H groups in total. The van der Waals surface area contributed by atoms with Crippen LogP contribution in [-0.2, 0) is 0 Å². The van der Waals surface area contributed by atoms with Crippen LogP contribution in [0.5, 0.6) is 5.75 Å². The van der Waals surface area contributed by atoms with Crippen LogP contribution >= 0.6 is 11.6 Å². The molecular weight excluding hydrogens is 293 g/mol. The average molecular weight is 303 g/mol. The van der Waals surface area contributed by atoms with Gasteiger partial charge in [-0.1, -0.05) is 35.9 Å². The lowest BCUT2D eigenvalue weighted by Gasteiger charge is -2.14. The largest absolute Gasteiger partial charge is 0.573 e. The van der Waals surface area contributed by atoms with Crippen molar-refractivity contribution in [3.63, 3.8) is 0 Å². The molecule has 2 rings (SSSR count). The average Bonchev–Trinajstić information content (AvgIpc) is 2.36. The zero-order valence-electron chi connectivity index (χ0n) is 10.1. The van der Waals surface area contributed by atoms with Crippen LogP contribution in [0.4, 0.5) is 13.2 Å². The van der Waals surface area contributed by atoms with E-state index in [0.29, 0.717) is 10.6 Å². The van der Waals surface area contributed by atoms with E-state index in [1.165, 1.54) is 18.2 Å². The molecule has 0 spiro atoms. The van der Waals surface area contributed by atoms with Crippen LogP contribution in [0, 0.1) is 0 Å². The summed E-state index contributed by atoms with van der Waals surface area (Å²) in [5.74, 6) is -0.379. The molecule has 20 heavy (non-hydrogen) atoms. The Kier molecular flexibility index (Phi) is 4.20. The first-order chi connectivity index (χ1) is 9.35. The molecule has 0 amide bonds. The molecule has 0 aliphatic carbocycles. The summed E-state index contributed by atoms with van der Waals surface area (Å²) in [7, 11) is 0. The van der Waals surface area contributed by atoms with Gasteiger partial charge in [0.25, 0.3) is 0 Å². The van der Waals surface area contributed by atoms with Crippen molar-refractivity contribution in [2.45, 2.75) is 12.5 Å². The Hall–Kier alpha value is -1.72. The summed E-state index contributed by atoms with van der Waals surface area (Å²) in [6, 6.07) is 11.7. The second-order valence-electron chi connectivity index (χ2n) is 4.08. The number of halogens is 4. The first-order valence-electron chi connectivity index (χ1n) is 5.64. The van der Waals surface area contributed by atoms with Gasteiger partial charge in [-0.25, -0.2) is 0 Å². The third-order valence-electron chi connectivity index (χ3n) is 2.57. The number of benzene rings is 2. The van der Waals surface area contributed by atoms with Crippen LogP contribution in [0.2, 0.25) is 5.02 Å². The van der Waals surface area contributed by atoms with Crippen molar-refractivity contribution >= 4 is 11.6 Å². The molecule has 2 aromatic carbocycles. The highest BCUT2D eigenvalue weighted by molar-refractivity contribution is 6.30. The van der Waals surface area contributed by atoms with Gasteiger partial charge in [-0.15, -0.1) is 13.2 Å². The standard InChI is InChI=1S/C14H10ClF3O2/c15-11-5-1-3-9(7-11)13(19)10-4-2-6-12(8-10)20-14(16,17)18/h1-8,13,19H. The SMILES string of the molecule is OC(c1cccc(Cl)c1)c1cccc(OC(F)(F)F)c1. The molecule has 106 valence electrons. The number of rotatable bonds is 3. The van der Waals surface area contributed by atoms with E-state index in [0.717, 1.165) is 6.07 Å². The molecule has 0 fully saturated rings. The molecule has 1 atom stereocenters. The van der Waals surface area contributed by atoms with E-state index < -0.39 is 12.5 Å². The van der Waals surface area contributed by atoms with Gasteiger partial charge in [-0.05, 0) is 35.4 Å². The van der Waals surface area contributed by atoms with Crippen LogP contribution in [0.15, 0.2) is 48.5 Å². The Morgan fingerprint density at radius 2 is 1.60 bits per heavy atom. The van der Waals surface area contributed by atoms with Gasteiger partial charge < -0.3 is 9.84 Å². The van der Waals surface area contributed by atoms with E-state index >= 15 is 0 Å². The predicted octanol–water partition coefficient (Wildman–Crippen LogP) is 4.32. The van der Waals surface area contributed by atoms with Crippen LogP contribution in [0.25, 0.3) is 0 Å². The Labute approximate surface area is 118 Å². The van der Waals surface area contributed by atoms with Gasteiger partial charge in [0.15, 0.2) is 0 Å². The maximum atomic E-state index is 12.1. The Morgan fingerprint density at radius 1 is 1.00 bits per heavy atom. The molecule has 0 radical (unpaired) electrons. The minimum Gasteiger partial charge on any atom is -0.406 e. The van der Waals surface area contributed by atoms with Crippen LogP contribution in [-0.4, -0.2) is 11.5 Å². The molecule has 0 aromatic heterocycles. The lowest BCUT2D eigenvalue weighted by atomic mass is 10.0. The minimum absolute atomic E-state index is 0.286. The van der Waals surface area contributed by atoms with E-state index in [2.05, 4.69) is 4.74 Å². The first kappa shape index (κ1) is 14.7. The van der Waals surface area contributed by atoms with Gasteiger partial charge in [0, 0.05) is 5.02 Å². The quantitative estimate of drug-likeness (QED) is 0.915. The maximum absolute atomic E-state index is 12.1. The second kappa shape index (κ2) is 5.73. The molecule has 6 heteroatoms. The Balaban J connectivity index is 2.26. The highest BCUT2D eigenvalue weighted by atomic mass is 35.5. The number of alkyl halides is 3. The number of ether oxygens (including phenoxy) is 1. The number of hydrogen-bond acceptors (Lipinski definition) is 2. The third-order valence-corrected chi connectivity index (χ3v) is 2.81. The maximum Gasteiger partial charge on any atom is 0.573 e. The summed E-state index contributed by atoms with van der Waals surface area (Å²) in [4.78, 5) is 0. The fraction of sp³-hybridized carbons (Fsp3) is 0.143. The zero-order chi connectivity index (χ0) is 14.8. The second-order valence-corrected chi connectivity index (χ2v) is 4.51. The molecule has 2 aromatic rings. The smallest absolute Gasteiger partial charge is 0.406 e. The van der Waals surface area contributed by atoms with E-state index in [1.54, 1.807) is 24.3 Å². The lowest BCUT2D eigenvalue weighted by molar-refractivity contribution is -0.274. The molecule has 0 aliphatic rings. The molecule has 0 bridgehead atoms. The van der Waals surface area contributed by atoms with E-state index in [4.69, 9.17) is 11.6 Å². The third kappa shape index (κ3) is 3.88. The highest BCUT2D eigenvalue weighted by Crippen LogP contribution is 2.29. The summed E-state index contributed by atoms with van der Waals surface area (Å²) < 4.78 is 40.3. The van der Waals surface area contributed by atoms with Gasteiger partial charge in [0.2, 0.25) is 0 Å². The van der Waals surface area contributed by atoms with E-state index in [-0.39, 0.29) is 11.3 Å². The molecular formula is C14H10ClF3O2. The van der Waals surface area contributed by atoms with Gasteiger partial charge in [-0.2, -0.15) is 0 Å². The number of aliphatic hydroxyl groups is 1. The summed E-state index contributed by atoms with van der Waals surface area (Å²) in [6.07, 6.45) is -5.84. The normalized spacial score (nSPS) is 13.1. The van der Waals surface area contributed by atoms with E-state index in [9.17, 15) is 18.3 Å². The Morgan fingerprint density at radius 3 is 2.20 bits per heavy atom. The lowest BCUT2D eigenvalue weighted by Crippen LogP contribution is -2.17. The molecule has 0 aliphatic heterocycles. The topological polar surface area (TPSA) is 29.5 Å². The molecule has 2 nitrogen and oxygen atoms in total. The fourth-order valence-electron chi connectivity index (χ4n) is 1.75. The highest BCUT2D eigenvalue weighted by Gasteiger charge is 2.31. The van der Waals surface area contributed by atoms with Crippen LogP contribution in [0.3, 0.4) is 0 Å². The molecule has 1 unspecified atom stereocenters. The Bertz CT molecular complexity index is 599. The fourth-order valence-corrected chi connectivity index (χ4v) is 1.95. The first-order valence-corrected chi connectivity index (χ1v) is 6.02. The molecule has 0 saturated carbocycles. The molecule has 0 saturated heterocycles. The summed E-state index contributed by atoms with van der Waals surface area (Å²) in [6.45, 7) is 0. The van der Waals surface area contributed by atoms with Crippen LogP contribution in [0.1, 0.15) is 17.2 Å². The van der Waals surface area contributed by atoms with E-state index in [1.807, 2.05) is 0 Å². The zero-order valence-corrected chi connectivity index (χ0v) is 10.8. The van der Waals surface area contributed by atoms with Crippen molar-refractivity contribution in [1.82, 2.24) is 0 Å². The number of hydrogen-bond donors (Lipinski definition) is 1. The van der Waals surface area contributed by atoms with Gasteiger partial charge in [-0.3, -0.25) is 0 Å².